The van der Waals surface area contributed by atoms with Crippen molar-refractivity contribution in [2.45, 2.75) is 38.7 Å². The first-order valence-electron chi connectivity index (χ1n) is 7.64. The Balaban J connectivity index is 1.94. The van der Waals surface area contributed by atoms with Crippen LogP contribution in [0.15, 0.2) is 11.1 Å². The molecule has 0 unspecified atom stereocenters. The van der Waals surface area contributed by atoms with Crippen molar-refractivity contribution in [3.05, 3.63) is 16.7 Å². The van der Waals surface area contributed by atoms with E-state index >= 15 is 0 Å². The van der Waals surface area contributed by atoms with Crippen LogP contribution < -0.4 is 10.9 Å². The third kappa shape index (κ3) is 3.07. The highest BCUT2D eigenvalue weighted by Gasteiger charge is 2.35. The maximum Gasteiger partial charge on any atom is 0.280 e. The number of nitrogens with one attached hydrogen (secondary N) is 2. The maximum atomic E-state index is 12.1. The SMILES string of the molecule is CC(C)CNc1nc2c(ncn2[C@H]2C[C@@H](O)[C@H](CO)O2)c(=O)[nH]1. The van der Waals surface area contributed by atoms with Gasteiger partial charge in [0.1, 0.15) is 12.3 Å². The minimum atomic E-state index is -0.761. The van der Waals surface area contributed by atoms with Crippen molar-refractivity contribution in [3.8, 4) is 0 Å². The molecule has 1 fully saturated rings. The quantitative estimate of drug-likeness (QED) is 0.602. The van der Waals surface area contributed by atoms with Crippen molar-refractivity contribution in [2.24, 2.45) is 5.92 Å². The summed E-state index contributed by atoms with van der Waals surface area (Å²) in [5, 5.41) is 22.1. The molecule has 1 aliphatic rings. The fraction of sp³-hybridized carbons (Fsp3) is 0.643. The highest BCUT2D eigenvalue weighted by Crippen LogP contribution is 2.30. The van der Waals surface area contributed by atoms with E-state index in [9.17, 15) is 15.0 Å². The smallest absolute Gasteiger partial charge is 0.280 e. The van der Waals surface area contributed by atoms with Crippen LogP contribution in [0.5, 0.6) is 0 Å². The molecular formula is C14H21N5O4. The zero-order valence-corrected chi connectivity index (χ0v) is 13.1. The van der Waals surface area contributed by atoms with E-state index in [4.69, 9.17) is 4.74 Å². The normalized spacial score (nSPS) is 24.7. The number of aromatic amines is 1. The molecule has 0 aliphatic carbocycles. The van der Waals surface area contributed by atoms with Crippen LogP contribution in [0.2, 0.25) is 0 Å². The van der Waals surface area contributed by atoms with Crippen molar-refractivity contribution in [3.63, 3.8) is 0 Å². The van der Waals surface area contributed by atoms with Crippen LogP contribution in [-0.2, 0) is 4.74 Å². The molecule has 2 aromatic heterocycles. The average molecular weight is 323 g/mol. The highest BCUT2D eigenvalue weighted by atomic mass is 16.5. The van der Waals surface area contributed by atoms with Gasteiger partial charge in [-0.15, -0.1) is 0 Å². The molecule has 0 aromatic carbocycles. The summed E-state index contributed by atoms with van der Waals surface area (Å²) >= 11 is 0. The topological polar surface area (TPSA) is 125 Å². The number of hydrogen-bond donors (Lipinski definition) is 4. The zero-order valence-electron chi connectivity index (χ0n) is 13.1. The summed E-state index contributed by atoms with van der Waals surface area (Å²) in [5.41, 5.74) is 0.263. The third-order valence-corrected chi connectivity index (χ3v) is 3.80. The van der Waals surface area contributed by atoms with Gasteiger partial charge in [-0.25, -0.2) is 4.98 Å². The molecule has 2 aromatic rings. The minimum absolute atomic E-state index is 0.214. The van der Waals surface area contributed by atoms with E-state index in [1.165, 1.54) is 6.33 Å². The van der Waals surface area contributed by atoms with Crippen LogP contribution in [-0.4, -0.2) is 55.1 Å². The van der Waals surface area contributed by atoms with E-state index in [1.807, 2.05) is 0 Å². The summed E-state index contributed by atoms with van der Waals surface area (Å²) in [5.74, 6) is 0.773. The zero-order chi connectivity index (χ0) is 16.6. The van der Waals surface area contributed by atoms with Gasteiger partial charge in [0.15, 0.2) is 11.2 Å². The number of anilines is 1. The molecule has 126 valence electrons. The Hall–Kier alpha value is -1.97. The predicted octanol–water partition coefficient (Wildman–Crippen LogP) is -0.172. The summed E-state index contributed by atoms with van der Waals surface area (Å²) in [6, 6.07) is 0. The molecule has 23 heavy (non-hydrogen) atoms. The Labute approximate surface area is 132 Å². The Morgan fingerprint density at radius 3 is 3.00 bits per heavy atom. The molecule has 9 heteroatoms. The molecule has 3 atom stereocenters. The second-order valence-corrected chi connectivity index (χ2v) is 6.13. The number of fused-ring (bicyclic) bond motifs is 1. The van der Waals surface area contributed by atoms with E-state index in [1.54, 1.807) is 4.57 Å². The number of aliphatic hydroxyl groups excluding tert-OH is 2. The number of rotatable bonds is 5. The van der Waals surface area contributed by atoms with Crippen molar-refractivity contribution >= 4 is 17.1 Å². The number of hydrogen-bond acceptors (Lipinski definition) is 7. The molecule has 3 rings (SSSR count). The van der Waals surface area contributed by atoms with Gasteiger partial charge in [0.25, 0.3) is 5.56 Å². The van der Waals surface area contributed by atoms with Crippen LogP contribution >= 0.6 is 0 Å². The van der Waals surface area contributed by atoms with Gasteiger partial charge >= 0.3 is 0 Å². The molecule has 9 nitrogen and oxygen atoms in total. The van der Waals surface area contributed by atoms with Gasteiger partial charge in [-0.05, 0) is 5.92 Å². The van der Waals surface area contributed by atoms with Gasteiger partial charge in [-0.1, -0.05) is 13.8 Å². The van der Waals surface area contributed by atoms with E-state index < -0.39 is 18.4 Å². The van der Waals surface area contributed by atoms with Gasteiger partial charge in [-0.3, -0.25) is 14.3 Å². The van der Waals surface area contributed by atoms with E-state index in [-0.39, 0.29) is 17.7 Å². The molecule has 0 saturated carbocycles. The van der Waals surface area contributed by atoms with Gasteiger partial charge in [0.2, 0.25) is 5.95 Å². The lowest BCUT2D eigenvalue weighted by atomic mass is 10.2. The van der Waals surface area contributed by atoms with E-state index in [0.29, 0.717) is 30.5 Å². The molecule has 0 bridgehead atoms. The molecule has 0 amide bonds. The van der Waals surface area contributed by atoms with Gasteiger partial charge < -0.3 is 20.3 Å². The lowest BCUT2D eigenvalue weighted by molar-refractivity contribution is -0.0432. The largest absolute Gasteiger partial charge is 0.394 e. The molecule has 0 spiro atoms. The fourth-order valence-corrected chi connectivity index (χ4v) is 2.57. The number of imidazole rings is 1. The second kappa shape index (κ2) is 6.26. The molecule has 3 heterocycles. The fourth-order valence-electron chi connectivity index (χ4n) is 2.57. The molecule has 1 aliphatic heterocycles. The van der Waals surface area contributed by atoms with Crippen LogP contribution in [0, 0.1) is 5.92 Å². The summed E-state index contributed by atoms with van der Waals surface area (Å²) in [4.78, 5) is 23.2. The number of H-pyrrole nitrogens is 1. The Bertz CT molecular complexity index is 740. The van der Waals surface area contributed by atoms with Crippen molar-refractivity contribution in [1.82, 2.24) is 19.5 Å². The third-order valence-electron chi connectivity index (χ3n) is 3.80. The first-order valence-corrected chi connectivity index (χ1v) is 7.64. The predicted molar refractivity (Wildman–Crippen MR) is 83.1 cm³/mol. The van der Waals surface area contributed by atoms with Crippen LogP contribution in [0.25, 0.3) is 11.2 Å². The monoisotopic (exact) mass is 323 g/mol. The average Bonchev–Trinajstić information content (AvgIpc) is 3.08. The van der Waals surface area contributed by atoms with Gasteiger partial charge in [0.05, 0.1) is 19.0 Å². The Morgan fingerprint density at radius 2 is 2.35 bits per heavy atom. The molecule has 4 N–H and O–H groups in total. The summed E-state index contributed by atoms with van der Waals surface area (Å²) in [7, 11) is 0. The van der Waals surface area contributed by atoms with Gasteiger partial charge in [-0.2, -0.15) is 4.98 Å². The highest BCUT2D eigenvalue weighted by molar-refractivity contribution is 5.70. The number of nitrogens with zero attached hydrogens (tertiary/aromatic N) is 3. The standard InChI is InChI=1S/C14H21N5O4/c1-7(2)4-15-14-17-12-11(13(22)18-14)16-6-19(12)10-3-8(21)9(5-20)23-10/h6-10,20-21H,3-5H2,1-2H3,(H2,15,17,18,22)/t8-,9+,10-/m1/s1. The van der Waals surface area contributed by atoms with Crippen molar-refractivity contribution < 1.29 is 14.9 Å². The second-order valence-electron chi connectivity index (χ2n) is 6.13. The first-order chi connectivity index (χ1) is 11.0. The minimum Gasteiger partial charge on any atom is -0.394 e. The molecule has 0 radical (unpaired) electrons. The lowest BCUT2D eigenvalue weighted by Crippen LogP contribution is -2.24. The molecule has 1 saturated heterocycles. The van der Waals surface area contributed by atoms with E-state index in [2.05, 4.69) is 34.1 Å². The number of aromatic nitrogens is 4. The van der Waals surface area contributed by atoms with Gasteiger partial charge in [0, 0.05) is 13.0 Å². The number of aliphatic hydroxyl groups is 2. The van der Waals surface area contributed by atoms with Crippen molar-refractivity contribution in [2.75, 3.05) is 18.5 Å². The van der Waals surface area contributed by atoms with Crippen LogP contribution in [0.1, 0.15) is 26.5 Å². The maximum absolute atomic E-state index is 12.1. The summed E-state index contributed by atoms with van der Waals surface area (Å²) in [6.07, 6.45) is -0.142. The molecular weight excluding hydrogens is 302 g/mol. The van der Waals surface area contributed by atoms with Crippen molar-refractivity contribution in [1.29, 1.82) is 0 Å². The number of ether oxygens (including phenoxy) is 1. The Kier molecular flexibility index (Phi) is 4.33. The van der Waals surface area contributed by atoms with Crippen LogP contribution in [0.4, 0.5) is 5.95 Å². The summed E-state index contributed by atoms with van der Waals surface area (Å²) < 4.78 is 7.22. The van der Waals surface area contributed by atoms with E-state index in [0.717, 1.165) is 0 Å². The lowest BCUT2D eigenvalue weighted by Gasteiger charge is -2.14. The summed E-state index contributed by atoms with van der Waals surface area (Å²) in [6.45, 7) is 4.51. The first kappa shape index (κ1) is 15.9. The Morgan fingerprint density at radius 1 is 1.57 bits per heavy atom. The van der Waals surface area contributed by atoms with Crippen LogP contribution in [0.3, 0.4) is 0 Å².